The standard InChI is InChI=1S/C11H18N2O3.C2H6/c12-9(11(13)15)6-10(14)16-7-8-4-2-1-3-5-8;1-2/h1-5,9-11,14-15H,6-7,12-13H2;1-2H3/t9-,10?,11?;/m1./s1. The van der Waals surface area contributed by atoms with Crippen LogP contribution in [0, 0.1) is 0 Å². The summed E-state index contributed by atoms with van der Waals surface area (Å²) < 4.78 is 5.16. The van der Waals surface area contributed by atoms with Crippen molar-refractivity contribution in [3.8, 4) is 0 Å². The molecule has 0 aliphatic carbocycles. The van der Waals surface area contributed by atoms with Crippen LogP contribution in [0.15, 0.2) is 30.3 Å². The maximum atomic E-state index is 9.46. The van der Waals surface area contributed by atoms with E-state index in [1.165, 1.54) is 0 Å². The first-order chi connectivity index (χ1) is 8.59. The number of aliphatic hydroxyl groups excluding tert-OH is 2. The molecule has 1 rings (SSSR count). The van der Waals surface area contributed by atoms with Crippen LogP contribution in [0.2, 0.25) is 0 Å². The number of benzene rings is 1. The van der Waals surface area contributed by atoms with Gasteiger partial charge in [-0.15, -0.1) is 0 Å². The molecule has 0 aromatic heterocycles. The first-order valence-electron chi connectivity index (χ1n) is 6.12. The van der Waals surface area contributed by atoms with E-state index in [0.29, 0.717) is 6.61 Å². The second kappa shape index (κ2) is 9.99. The predicted molar refractivity (Wildman–Crippen MR) is 71.4 cm³/mol. The largest absolute Gasteiger partial charge is 0.377 e. The van der Waals surface area contributed by atoms with E-state index in [1.54, 1.807) is 0 Å². The SMILES string of the molecule is CC.NC(O)[C@H](N)CC(O)OCc1ccccc1. The fraction of sp³-hybridized carbons (Fsp3) is 0.538. The molecule has 5 nitrogen and oxygen atoms in total. The van der Waals surface area contributed by atoms with Gasteiger partial charge in [-0.25, -0.2) is 0 Å². The molecule has 0 aliphatic heterocycles. The number of rotatable bonds is 6. The van der Waals surface area contributed by atoms with E-state index >= 15 is 0 Å². The molecule has 1 aromatic carbocycles. The lowest BCUT2D eigenvalue weighted by atomic mass is 10.2. The van der Waals surface area contributed by atoms with Gasteiger partial charge in [0.15, 0.2) is 6.29 Å². The van der Waals surface area contributed by atoms with Gasteiger partial charge in [0.1, 0.15) is 6.23 Å². The molecule has 0 radical (unpaired) electrons. The summed E-state index contributed by atoms with van der Waals surface area (Å²) in [6.45, 7) is 4.30. The zero-order valence-corrected chi connectivity index (χ0v) is 11.0. The molecule has 3 atom stereocenters. The third kappa shape index (κ3) is 7.37. The number of aliphatic hydroxyl groups is 2. The molecule has 0 heterocycles. The highest BCUT2D eigenvalue weighted by Gasteiger charge is 2.15. The maximum Gasteiger partial charge on any atom is 0.156 e. The zero-order chi connectivity index (χ0) is 14.0. The van der Waals surface area contributed by atoms with Gasteiger partial charge < -0.3 is 26.4 Å². The Morgan fingerprint density at radius 3 is 2.17 bits per heavy atom. The summed E-state index contributed by atoms with van der Waals surface area (Å²) in [6.07, 6.45) is -2.06. The molecule has 0 aliphatic rings. The van der Waals surface area contributed by atoms with Crippen molar-refractivity contribution in [1.82, 2.24) is 0 Å². The second-order valence-corrected chi connectivity index (χ2v) is 3.64. The highest BCUT2D eigenvalue weighted by molar-refractivity contribution is 5.13. The van der Waals surface area contributed by atoms with Gasteiger partial charge in [-0.05, 0) is 5.56 Å². The van der Waals surface area contributed by atoms with E-state index in [4.69, 9.17) is 21.3 Å². The summed E-state index contributed by atoms with van der Waals surface area (Å²) in [4.78, 5) is 0. The number of hydrogen-bond acceptors (Lipinski definition) is 5. The van der Waals surface area contributed by atoms with Crippen molar-refractivity contribution in [3.63, 3.8) is 0 Å². The normalized spacial score (nSPS) is 15.2. The van der Waals surface area contributed by atoms with Crippen LogP contribution in [0.5, 0.6) is 0 Å². The van der Waals surface area contributed by atoms with Crippen molar-refractivity contribution < 1.29 is 14.9 Å². The molecule has 0 bridgehead atoms. The smallest absolute Gasteiger partial charge is 0.156 e. The molecule has 0 fully saturated rings. The fourth-order valence-corrected chi connectivity index (χ4v) is 1.21. The highest BCUT2D eigenvalue weighted by atomic mass is 16.6. The average molecular weight is 256 g/mol. The summed E-state index contributed by atoms with van der Waals surface area (Å²) in [6, 6.07) is 8.78. The predicted octanol–water partition coefficient (Wildman–Crippen LogP) is 0.542. The van der Waals surface area contributed by atoms with Crippen LogP contribution < -0.4 is 11.5 Å². The van der Waals surface area contributed by atoms with Crippen molar-refractivity contribution in [3.05, 3.63) is 35.9 Å². The minimum absolute atomic E-state index is 0.102. The van der Waals surface area contributed by atoms with E-state index in [9.17, 15) is 5.11 Å². The van der Waals surface area contributed by atoms with E-state index in [2.05, 4.69) is 0 Å². The van der Waals surface area contributed by atoms with Crippen LogP contribution in [-0.4, -0.2) is 28.8 Å². The average Bonchev–Trinajstić information content (AvgIpc) is 2.40. The Labute approximate surface area is 108 Å². The first-order valence-corrected chi connectivity index (χ1v) is 6.12. The van der Waals surface area contributed by atoms with Gasteiger partial charge in [0.05, 0.1) is 6.61 Å². The van der Waals surface area contributed by atoms with Gasteiger partial charge in [0.25, 0.3) is 0 Å². The topological polar surface area (TPSA) is 102 Å². The molecule has 0 saturated heterocycles. The fourth-order valence-electron chi connectivity index (χ4n) is 1.21. The Morgan fingerprint density at radius 2 is 1.67 bits per heavy atom. The lowest BCUT2D eigenvalue weighted by Gasteiger charge is -2.18. The van der Waals surface area contributed by atoms with Crippen LogP contribution >= 0.6 is 0 Å². The zero-order valence-electron chi connectivity index (χ0n) is 11.0. The molecular weight excluding hydrogens is 232 g/mol. The molecule has 2 unspecified atom stereocenters. The monoisotopic (exact) mass is 256 g/mol. The van der Waals surface area contributed by atoms with Gasteiger partial charge in [-0.3, -0.25) is 0 Å². The lowest BCUT2D eigenvalue weighted by molar-refractivity contribution is -0.119. The van der Waals surface area contributed by atoms with E-state index in [0.717, 1.165) is 5.56 Å². The quantitative estimate of drug-likeness (QED) is 0.556. The Balaban J connectivity index is 0.00000137. The third-order valence-electron chi connectivity index (χ3n) is 2.20. The second-order valence-electron chi connectivity index (χ2n) is 3.64. The van der Waals surface area contributed by atoms with E-state index < -0.39 is 18.6 Å². The summed E-state index contributed by atoms with van der Waals surface area (Å²) in [7, 11) is 0. The Morgan fingerprint density at radius 1 is 1.11 bits per heavy atom. The van der Waals surface area contributed by atoms with E-state index in [-0.39, 0.29) is 6.42 Å². The minimum atomic E-state index is -1.14. The van der Waals surface area contributed by atoms with Crippen LogP contribution in [0.25, 0.3) is 0 Å². The van der Waals surface area contributed by atoms with Crippen LogP contribution in [0.3, 0.4) is 0 Å². The summed E-state index contributed by atoms with van der Waals surface area (Å²) in [5.74, 6) is 0. The Hall–Kier alpha value is -0.980. The third-order valence-corrected chi connectivity index (χ3v) is 2.20. The van der Waals surface area contributed by atoms with Crippen molar-refractivity contribution in [1.29, 1.82) is 0 Å². The van der Waals surface area contributed by atoms with Crippen molar-refractivity contribution >= 4 is 0 Å². The van der Waals surface area contributed by atoms with Crippen molar-refractivity contribution in [2.75, 3.05) is 0 Å². The molecule has 6 N–H and O–H groups in total. The van der Waals surface area contributed by atoms with Crippen molar-refractivity contribution in [2.24, 2.45) is 11.5 Å². The molecule has 104 valence electrons. The summed E-state index contributed by atoms with van der Waals surface area (Å²) in [5, 5.41) is 18.4. The molecule has 0 saturated carbocycles. The van der Waals surface area contributed by atoms with Gasteiger partial charge in [-0.2, -0.15) is 0 Å². The highest BCUT2D eigenvalue weighted by Crippen LogP contribution is 2.05. The first kappa shape index (κ1) is 17.0. The number of nitrogens with two attached hydrogens (primary N) is 2. The van der Waals surface area contributed by atoms with E-state index in [1.807, 2.05) is 44.2 Å². The Bertz CT molecular complexity index is 294. The summed E-state index contributed by atoms with van der Waals surface area (Å²) >= 11 is 0. The molecule has 5 heteroatoms. The summed E-state index contributed by atoms with van der Waals surface area (Å²) in [5.41, 5.74) is 11.6. The molecule has 18 heavy (non-hydrogen) atoms. The number of hydrogen-bond donors (Lipinski definition) is 4. The van der Waals surface area contributed by atoms with Crippen molar-refractivity contribution in [2.45, 2.75) is 45.4 Å². The Kier molecular flexibility index (Phi) is 9.45. The van der Waals surface area contributed by atoms with Gasteiger partial charge in [-0.1, -0.05) is 44.2 Å². The maximum absolute atomic E-state index is 9.46. The molecular formula is C13H24N2O3. The van der Waals surface area contributed by atoms with Crippen LogP contribution in [-0.2, 0) is 11.3 Å². The number of ether oxygens (including phenoxy) is 1. The van der Waals surface area contributed by atoms with Gasteiger partial charge >= 0.3 is 0 Å². The molecule has 1 aromatic rings. The minimum Gasteiger partial charge on any atom is -0.377 e. The van der Waals surface area contributed by atoms with Gasteiger partial charge in [0, 0.05) is 12.5 Å². The molecule has 0 spiro atoms. The van der Waals surface area contributed by atoms with Crippen LogP contribution in [0.1, 0.15) is 25.8 Å². The lowest BCUT2D eigenvalue weighted by Crippen LogP contribution is -2.43. The molecule has 0 amide bonds. The van der Waals surface area contributed by atoms with Gasteiger partial charge in [0.2, 0.25) is 0 Å². The van der Waals surface area contributed by atoms with Crippen LogP contribution in [0.4, 0.5) is 0 Å².